The first kappa shape index (κ1) is 15.7. The molecule has 0 amide bonds. The first-order chi connectivity index (χ1) is 8.75. The van der Waals surface area contributed by atoms with Crippen molar-refractivity contribution in [3.8, 4) is 0 Å². The van der Waals surface area contributed by atoms with Crippen molar-refractivity contribution in [1.82, 2.24) is 4.67 Å². The lowest BCUT2D eigenvalue weighted by molar-refractivity contribution is -0.0581. The first-order valence-corrected chi connectivity index (χ1v) is 8.14. The van der Waals surface area contributed by atoms with Crippen LogP contribution in [0.4, 0.5) is 0 Å². The summed E-state index contributed by atoms with van der Waals surface area (Å²) in [6.07, 6.45) is -0.465. The maximum atomic E-state index is 10.5. The Hall–Kier alpha value is 0.295. The fourth-order valence-corrected chi connectivity index (χ4v) is 4.61. The monoisotopic (exact) mass is 289 g/mol. The highest BCUT2D eigenvalue weighted by molar-refractivity contribution is 7.44. The van der Waals surface area contributed by atoms with E-state index in [0.717, 1.165) is 0 Å². The highest BCUT2D eigenvalue weighted by atomic mass is 31.2. The zero-order chi connectivity index (χ0) is 14.4. The maximum absolute atomic E-state index is 10.5. The van der Waals surface area contributed by atoms with Gasteiger partial charge in [-0.15, -0.1) is 0 Å². The fourth-order valence-electron chi connectivity index (χ4n) is 2.74. The molecular weight excluding hydrogens is 264 g/mol. The Morgan fingerprint density at radius 1 is 1.32 bits per heavy atom. The van der Waals surface area contributed by atoms with E-state index in [4.69, 9.17) is 13.8 Å². The van der Waals surface area contributed by atoms with Gasteiger partial charge in [-0.1, -0.05) is 0 Å². The van der Waals surface area contributed by atoms with E-state index in [-0.39, 0.29) is 18.2 Å². The quantitative estimate of drug-likeness (QED) is 0.617. The summed E-state index contributed by atoms with van der Waals surface area (Å²) in [7, 11) is 0.752. The van der Waals surface area contributed by atoms with E-state index in [1.165, 1.54) is 0 Å². The Bertz CT molecular complexity index is 321. The van der Waals surface area contributed by atoms with Crippen LogP contribution in [0.15, 0.2) is 0 Å². The van der Waals surface area contributed by atoms with Crippen molar-refractivity contribution < 1.29 is 18.9 Å². The minimum atomic E-state index is -1.13. The fraction of sp³-hybridized carbons (Fsp3) is 1.00. The van der Waals surface area contributed by atoms with E-state index >= 15 is 0 Å². The van der Waals surface area contributed by atoms with Crippen LogP contribution in [0.3, 0.4) is 0 Å². The van der Waals surface area contributed by atoms with E-state index < -0.39 is 14.1 Å². The number of hydrogen-bond donors (Lipinski definition) is 1. The Balaban J connectivity index is 2.12. The van der Waals surface area contributed by atoms with Gasteiger partial charge in [0.05, 0.1) is 12.6 Å². The third-order valence-electron chi connectivity index (χ3n) is 3.92. The molecule has 5 nitrogen and oxygen atoms in total. The predicted octanol–water partition coefficient (Wildman–Crippen LogP) is 0.856. The van der Waals surface area contributed by atoms with Crippen molar-refractivity contribution in [3.63, 3.8) is 0 Å². The zero-order valence-electron chi connectivity index (χ0n) is 12.7. The van der Waals surface area contributed by atoms with Crippen molar-refractivity contribution in [2.75, 3.05) is 6.61 Å². The minimum absolute atomic E-state index is 0.162. The van der Waals surface area contributed by atoms with Crippen LogP contribution in [-0.2, 0) is 13.8 Å². The van der Waals surface area contributed by atoms with Gasteiger partial charge in [-0.2, -0.15) is 0 Å². The number of aliphatic hydroxyl groups is 1. The van der Waals surface area contributed by atoms with Crippen molar-refractivity contribution in [1.29, 1.82) is 0 Å². The largest absolute Gasteiger partial charge is 0.385 e. The molecule has 0 bridgehead atoms. The molecule has 0 radical (unpaired) electrons. The summed E-state index contributed by atoms with van der Waals surface area (Å²) in [5, 5.41) is 10.5. The first-order valence-electron chi connectivity index (χ1n) is 7.01. The Morgan fingerprint density at radius 2 is 1.89 bits per heavy atom. The van der Waals surface area contributed by atoms with Gasteiger partial charge < -0.3 is 18.9 Å². The summed E-state index contributed by atoms with van der Waals surface area (Å²) in [4.78, 5) is 0. The second-order valence-electron chi connectivity index (χ2n) is 6.17. The van der Waals surface area contributed by atoms with Gasteiger partial charge in [-0.3, -0.25) is 0 Å². The lowest BCUT2D eigenvalue weighted by Gasteiger charge is -2.42. The summed E-state index contributed by atoms with van der Waals surface area (Å²) < 4.78 is 19.9. The van der Waals surface area contributed by atoms with Crippen LogP contribution in [0.25, 0.3) is 0 Å². The number of rotatable bonds is 3. The second-order valence-corrected chi connectivity index (χ2v) is 7.58. The zero-order valence-corrected chi connectivity index (χ0v) is 13.6. The topological polar surface area (TPSA) is 51.2 Å². The normalized spacial score (nSPS) is 43.2. The lowest BCUT2D eigenvalue weighted by atomic mass is 9.82. The van der Waals surface area contributed by atoms with Gasteiger partial charge in [0.1, 0.15) is 25.7 Å². The highest BCUT2D eigenvalue weighted by Crippen LogP contribution is 2.53. The molecule has 0 aliphatic carbocycles. The van der Waals surface area contributed by atoms with E-state index in [9.17, 15) is 5.11 Å². The summed E-state index contributed by atoms with van der Waals surface area (Å²) >= 11 is 0. The number of nitrogens with zero attached hydrogens (tertiary/aromatic N) is 1. The average Bonchev–Trinajstić information content (AvgIpc) is 2.50. The van der Waals surface area contributed by atoms with E-state index in [1.54, 1.807) is 6.92 Å². The molecule has 0 aromatic carbocycles. The molecule has 19 heavy (non-hydrogen) atoms. The Morgan fingerprint density at radius 3 is 2.42 bits per heavy atom. The van der Waals surface area contributed by atoms with Crippen molar-refractivity contribution in [2.45, 2.75) is 70.5 Å². The van der Waals surface area contributed by atoms with Crippen LogP contribution in [0.5, 0.6) is 0 Å². The lowest BCUT2D eigenvalue weighted by Crippen LogP contribution is -2.50. The van der Waals surface area contributed by atoms with Crippen molar-refractivity contribution >= 4 is 16.4 Å². The number of hydrogen-bond acceptors (Lipinski definition) is 5. The second kappa shape index (κ2) is 5.59. The third-order valence-corrected chi connectivity index (χ3v) is 5.99. The molecule has 2 fully saturated rings. The van der Waals surface area contributed by atoms with Gasteiger partial charge in [0.2, 0.25) is 0 Å². The third kappa shape index (κ3) is 2.85. The Labute approximate surface area is 118 Å². The van der Waals surface area contributed by atoms with E-state index in [2.05, 4.69) is 32.4 Å². The van der Waals surface area contributed by atoms with Crippen LogP contribution in [0.2, 0.25) is 0 Å². The SMILES string of the molecule is B[C@@H]1O[C@@H]2COP(N(C(C)C)C(C)C)O[C@H]2[C@@]1(C)O. The predicted molar refractivity (Wildman–Crippen MR) is 77.7 cm³/mol. The smallest absolute Gasteiger partial charge is 0.259 e. The summed E-state index contributed by atoms with van der Waals surface area (Å²) in [6.45, 7) is 10.8. The minimum Gasteiger partial charge on any atom is -0.385 e. The van der Waals surface area contributed by atoms with E-state index in [0.29, 0.717) is 18.7 Å². The Kier molecular flexibility index (Phi) is 4.61. The molecule has 0 aromatic heterocycles. The molecule has 0 spiro atoms. The molecule has 2 rings (SSSR count). The van der Waals surface area contributed by atoms with Gasteiger partial charge in [-0.05, 0) is 34.6 Å². The average molecular weight is 289 g/mol. The molecule has 2 heterocycles. The summed E-state index contributed by atoms with van der Waals surface area (Å²) in [6, 6.07) is 0.451. The maximum Gasteiger partial charge on any atom is 0.259 e. The molecule has 5 atom stereocenters. The molecule has 0 aromatic rings. The van der Waals surface area contributed by atoms with Crippen LogP contribution in [-0.4, -0.2) is 60.1 Å². The number of ether oxygens (including phenoxy) is 1. The summed E-state index contributed by atoms with van der Waals surface area (Å²) in [5.41, 5.74) is -0.950. The number of fused-ring (bicyclic) bond motifs is 1. The van der Waals surface area contributed by atoms with Gasteiger partial charge >= 0.3 is 0 Å². The van der Waals surface area contributed by atoms with Gasteiger partial charge in [0.25, 0.3) is 8.53 Å². The molecule has 1 unspecified atom stereocenters. The standard InChI is InChI=1S/C12H25BNO4P/c1-7(2)14(8(3)4)19-16-6-9-10(18-19)12(5,15)11(13)17-9/h7-11,15H,6,13H2,1-5H3/t9-,10-,11-,12-,19?/m1/s1. The van der Waals surface area contributed by atoms with Crippen LogP contribution >= 0.6 is 8.53 Å². The van der Waals surface area contributed by atoms with Crippen LogP contribution < -0.4 is 0 Å². The summed E-state index contributed by atoms with van der Waals surface area (Å²) in [5.74, 6) is 0. The van der Waals surface area contributed by atoms with Crippen LogP contribution in [0.1, 0.15) is 34.6 Å². The van der Waals surface area contributed by atoms with E-state index in [1.807, 2.05) is 7.85 Å². The molecular formula is C12H25BNO4P. The van der Waals surface area contributed by atoms with Gasteiger partial charge in [0.15, 0.2) is 0 Å². The highest BCUT2D eigenvalue weighted by Gasteiger charge is 2.55. The molecule has 110 valence electrons. The molecule has 2 saturated heterocycles. The molecule has 0 saturated carbocycles. The molecule has 2 aliphatic rings. The van der Waals surface area contributed by atoms with Gasteiger partial charge in [-0.25, -0.2) is 4.67 Å². The molecule has 1 N–H and O–H groups in total. The molecule has 2 aliphatic heterocycles. The van der Waals surface area contributed by atoms with Crippen molar-refractivity contribution in [3.05, 3.63) is 0 Å². The molecule has 7 heteroatoms. The van der Waals surface area contributed by atoms with Gasteiger partial charge in [0, 0.05) is 12.1 Å². The van der Waals surface area contributed by atoms with Crippen molar-refractivity contribution in [2.24, 2.45) is 0 Å². The van der Waals surface area contributed by atoms with Crippen LogP contribution in [0, 0.1) is 0 Å².